The van der Waals surface area contributed by atoms with E-state index in [1.165, 1.54) is 18.2 Å². The van der Waals surface area contributed by atoms with Crippen LogP contribution < -0.4 is 5.32 Å². The summed E-state index contributed by atoms with van der Waals surface area (Å²) in [5.74, 6) is -0.718. The van der Waals surface area contributed by atoms with Crippen LogP contribution in [0.15, 0.2) is 18.2 Å². The Labute approximate surface area is 151 Å². The third-order valence-electron chi connectivity index (χ3n) is 4.65. The van der Waals surface area contributed by atoms with Gasteiger partial charge in [-0.25, -0.2) is 9.18 Å². The first kappa shape index (κ1) is 18.0. The van der Waals surface area contributed by atoms with E-state index in [-0.39, 0.29) is 22.9 Å². The molecular weight excluding hydrogens is 347 g/mol. The SMILES string of the molecule is CC(C)(C)OC(=O)N1[C@@H]2CC[C@@H](C2)[C@H]1C(=O)Nc1ccc(F)c(Cl)c1. The zero-order chi connectivity index (χ0) is 18.4. The van der Waals surface area contributed by atoms with E-state index in [0.29, 0.717) is 5.69 Å². The maximum absolute atomic E-state index is 13.3. The molecule has 1 aromatic rings. The average molecular weight is 369 g/mol. The first-order valence-electron chi connectivity index (χ1n) is 8.43. The molecule has 136 valence electrons. The Morgan fingerprint density at radius 3 is 2.68 bits per heavy atom. The van der Waals surface area contributed by atoms with Gasteiger partial charge < -0.3 is 10.1 Å². The Hall–Kier alpha value is -1.82. The van der Waals surface area contributed by atoms with Crippen molar-refractivity contribution in [3.05, 3.63) is 29.0 Å². The van der Waals surface area contributed by atoms with E-state index in [1.807, 2.05) is 0 Å². The number of benzene rings is 1. The lowest BCUT2D eigenvalue weighted by atomic mass is 9.98. The van der Waals surface area contributed by atoms with Gasteiger partial charge in [-0.2, -0.15) is 0 Å². The van der Waals surface area contributed by atoms with Crippen LogP contribution in [-0.2, 0) is 9.53 Å². The number of piperidine rings is 1. The van der Waals surface area contributed by atoms with Crippen LogP contribution in [0.5, 0.6) is 0 Å². The van der Waals surface area contributed by atoms with Gasteiger partial charge in [0.05, 0.1) is 5.02 Å². The number of hydrogen-bond acceptors (Lipinski definition) is 3. The molecule has 3 atom stereocenters. The molecule has 3 rings (SSSR count). The molecule has 0 radical (unpaired) electrons. The van der Waals surface area contributed by atoms with Crippen molar-refractivity contribution in [2.24, 2.45) is 5.92 Å². The lowest BCUT2D eigenvalue weighted by molar-refractivity contribution is -0.122. The van der Waals surface area contributed by atoms with Gasteiger partial charge in [-0.15, -0.1) is 0 Å². The van der Waals surface area contributed by atoms with Crippen LogP contribution in [0, 0.1) is 11.7 Å². The van der Waals surface area contributed by atoms with Crippen LogP contribution in [0.4, 0.5) is 14.9 Å². The molecule has 2 aliphatic rings. The molecule has 1 saturated carbocycles. The Morgan fingerprint density at radius 1 is 1.32 bits per heavy atom. The predicted molar refractivity (Wildman–Crippen MR) is 93.0 cm³/mol. The third kappa shape index (κ3) is 3.73. The molecule has 1 heterocycles. The number of carbonyl (C=O) groups is 2. The van der Waals surface area contributed by atoms with E-state index in [4.69, 9.17) is 16.3 Å². The predicted octanol–water partition coefficient (Wildman–Crippen LogP) is 4.21. The molecule has 5 nitrogen and oxygen atoms in total. The maximum Gasteiger partial charge on any atom is 0.411 e. The molecule has 0 unspecified atom stereocenters. The van der Waals surface area contributed by atoms with Crippen LogP contribution in [-0.4, -0.2) is 34.6 Å². The first-order valence-corrected chi connectivity index (χ1v) is 8.81. The summed E-state index contributed by atoms with van der Waals surface area (Å²) < 4.78 is 18.7. The number of fused-ring (bicyclic) bond motifs is 2. The van der Waals surface area contributed by atoms with Crippen LogP contribution in [0.25, 0.3) is 0 Å². The molecule has 1 aliphatic heterocycles. The number of ether oxygens (including phenoxy) is 1. The van der Waals surface area contributed by atoms with Crippen LogP contribution >= 0.6 is 11.6 Å². The Bertz CT molecular complexity index is 704. The Balaban J connectivity index is 1.77. The van der Waals surface area contributed by atoms with Gasteiger partial charge in [0.2, 0.25) is 5.91 Å². The molecule has 2 bridgehead atoms. The van der Waals surface area contributed by atoms with Gasteiger partial charge in [0.1, 0.15) is 17.5 Å². The van der Waals surface area contributed by atoms with Gasteiger partial charge in [-0.1, -0.05) is 11.6 Å². The van der Waals surface area contributed by atoms with Crippen LogP contribution in [0.2, 0.25) is 5.02 Å². The lowest BCUT2D eigenvalue weighted by Gasteiger charge is -2.35. The van der Waals surface area contributed by atoms with Crippen molar-refractivity contribution in [3.8, 4) is 0 Å². The highest BCUT2D eigenvalue weighted by molar-refractivity contribution is 6.31. The quantitative estimate of drug-likeness (QED) is 0.850. The molecule has 25 heavy (non-hydrogen) atoms. The Morgan fingerprint density at radius 2 is 2.04 bits per heavy atom. The van der Waals surface area contributed by atoms with Gasteiger partial charge in [-0.3, -0.25) is 9.69 Å². The summed E-state index contributed by atoms with van der Waals surface area (Å²) in [6, 6.07) is 3.47. The largest absolute Gasteiger partial charge is 0.444 e. The van der Waals surface area contributed by atoms with E-state index < -0.39 is 23.6 Å². The summed E-state index contributed by atoms with van der Waals surface area (Å²) in [5.41, 5.74) is -0.215. The minimum atomic E-state index is -0.621. The van der Waals surface area contributed by atoms with Crippen LogP contribution in [0.3, 0.4) is 0 Å². The minimum absolute atomic E-state index is 0.0346. The number of nitrogens with zero attached hydrogens (tertiary/aromatic N) is 1. The van der Waals surface area contributed by atoms with Gasteiger partial charge in [-0.05, 0) is 64.2 Å². The van der Waals surface area contributed by atoms with Gasteiger partial charge in [0.25, 0.3) is 0 Å². The number of amides is 2. The maximum atomic E-state index is 13.3. The normalized spacial score (nSPS) is 25.2. The highest BCUT2D eigenvalue weighted by atomic mass is 35.5. The summed E-state index contributed by atoms with van der Waals surface area (Å²) in [4.78, 5) is 26.9. The average Bonchev–Trinajstić information content (AvgIpc) is 3.10. The highest BCUT2D eigenvalue weighted by Crippen LogP contribution is 2.43. The first-order chi connectivity index (χ1) is 11.7. The third-order valence-corrected chi connectivity index (χ3v) is 4.93. The fourth-order valence-corrected chi connectivity index (χ4v) is 3.87. The number of anilines is 1. The summed E-state index contributed by atoms with van der Waals surface area (Å²) in [6.07, 6.45) is 2.14. The number of nitrogens with one attached hydrogen (secondary N) is 1. The monoisotopic (exact) mass is 368 g/mol. The molecule has 2 amide bonds. The smallest absolute Gasteiger partial charge is 0.411 e. The van der Waals surface area contributed by atoms with E-state index in [2.05, 4.69) is 5.32 Å². The molecule has 1 aliphatic carbocycles. The Kier molecular flexibility index (Phi) is 4.66. The molecule has 1 N–H and O–H groups in total. The van der Waals surface area contributed by atoms with Crippen molar-refractivity contribution >= 4 is 29.3 Å². The molecule has 7 heteroatoms. The zero-order valence-corrected chi connectivity index (χ0v) is 15.3. The zero-order valence-electron chi connectivity index (χ0n) is 14.5. The van der Waals surface area contributed by atoms with Crippen molar-refractivity contribution < 1.29 is 18.7 Å². The fraction of sp³-hybridized carbons (Fsp3) is 0.556. The number of carbonyl (C=O) groups excluding carboxylic acids is 2. The summed E-state index contributed by atoms with van der Waals surface area (Å²) in [6.45, 7) is 5.40. The second kappa shape index (κ2) is 6.48. The van der Waals surface area contributed by atoms with Crippen LogP contribution in [0.1, 0.15) is 40.0 Å². The van der Waals surface area contributed by atoms with Crippen molar-refractivity contribution in [2.75, 3.05) is 5.32 Å². The standard InChI is InChI=1S/C18H22ClFN2O3/c1-18(2,3)25-17(24)22-12-6-4-10(8-12)15(22)16(23)21-11-5-7-14(20)13(19)9-11/h5,7,9-10,12,15H,4,6,8H2,1-3H3,(H,21,23)/t10-,12+,15-/m0/s1. The topological polar surface area (TPSA) is 58.6 Å². The molecule has 0 spiro atoms. The summed E-state index contributed by atoms with van der Waals surface area (Å²) in [5, 5.41) is 2.68. The lowest BCUT2D eigenvalue weighted by Crippen LogP contribution is -2.52. The molecule has 2 fully saturated rings. The summed E-state index contributed by atoms with van der Waals surface area (Å²) >= 11 is 5.76. The number of halogens is 2. The minimum Gasteiger partial charge on any atom is -0.444 e. The van der Waals surface area contributed by atoms with Crippen molar-refractivity contribution in [1.29, 1.82) is 0 Å². The summed E-state index contributed by atoms with van der Waals surface area (Å²) in [7, 11) is 0. The number of rotatable bonds is 2. The van der Waals surface area contributed by atoms with E-state index in [0.717, 1.165) is 19.3 Å². The van der Waals surface area contributed by atoms with Gasteiger partial charge in [0.15, 0.2) is 0 Å². The van der Waals surface area contributed by atoms with Crippen molar-refractivity contribution in [2.45, 2.75) is 57.7 Å². The van der Waals surface area contributed by atoms with E-state index in [1.54, 1.807) is 25.7 Å². The fourth-order valence-electron chi connectivity index (χ4n) is 3.69. The van der Waals surface area contributed by atoms with E-state index in [9.17, 15) is 14.0 Å². The number of likely N-dealkylation sites (tertiary alicyclic amines) is 1. The molecule has 1 saturated heterocycles. The number of hydrogen-bond donors (Lipinski definition) is 1. The molecular formula is C18H22ClFN2O3. The molecule has 0 aromatic heterocycles. The van der Waals surface area contributed by atoms with Gasteiger partial charge in [0, 0.05) is 11.7 Å². The van der Waals surface area contributed by atoms with Crippen molar-refractivity contribution in [3.63, 3.8) is 0 Å². The second-order valence-electron chi connectivity index (χ2n) is 7.68. The van der Waals surface area contributed by atoms with E-state index >= 15 is 0 Å². The highest BCUT2D eigenvalue weighted by Gasteiger charge is 2.52. The van der Waals surface area contributed by atoms with Gasteiger partial charge >= 0.3 is 6.09 Å². The van der Waals surface area contributed by atoms with Crippen molar-refractivity contribution in [1.82, 2.24) is 4.90 Å². The molecule has 1 aromatic carbocycles. The second-order valence-corrected chi connectivity index (χ2v) is 8.08.